The zero-order valence-corrected chi connectivity index (χ0v) is 40.4. The Labute approximate surface area is 384 Å². The molecule has 0 saturated heterocycles. The molecule has 0 spiro atoms. The zero-order chi connectivity index (χ0) is 46.0. The molecule has 0 amide bonds. The van der Waals surface area contributed by atoms with Crippen molar-refractivity contribution >= 4 is 19.8 Å². The van der Waals surface area contributed by atoms with E-state index in [1.807, 2.05) is 6.08 Å². The van der Waals surface area contributed by atoms with Gasteiger partial charge in [-0.3, -0.25) is 18.6 Å². The number of phosphoric acid groups is 1. The smallest absolute Gasteiger partial charge is 0.462 e. The number of carbonyl (C=O) groups excluding carboxylic acids is 2. The summed E-state index contributed by atoms with van der Waals surface area (Å²) >= 11 is 0. The minimum absolute atomic E-state index is 0.0374. The first-order valence-corrected chi connectivity index (χ1v) is 25.9. The number of esters is 2. The topological polar surface area (TPSA) is 134 Å². The number of nitrogens with two attached hydrogens (primary N) is 1. The predicted octanol–water partition coefficient (Wildman–Crippen LogP) is 14.7. The van der Waals surface area contributed by atoms with Gasteiger partial charge < -0.3 is 20.1 Å². The lowest BCUT2D eigenvalue weighted by Gasteiger charge is -2.19. The van der Waals surface area contributed by atoms with E-state index in [0.717, 1.165) is 77.0 Å². The van der Waals surface area contributed by atoms with Crippen LogP contribution in [0.2, 0.25) is 0 Å². The van der Waals surface area contributed by atoms with Crippen LogP contribution in [0.5, 0.6) is 0 Å². The number of rotatable bonds is 44. The van der Waals surface area contributed by atoms with Crippen LogP contribution in [0.3, 0.4) is 0 Å². The molecule has 0 radical (unpaired) electrons. The van der Waals surface area contributed by atoms with Crippen LogP contribution in [0, 0.1) is 0 Å². The summed E-state index contributed by atoms with van der Waals surface area (Å²) < 4.78 is 32.8. The molecular weight excluding hydrogens is 810 g/mol. The Balaban J connectivity index is 4.23. The number of hydrogen-bond acceptors (Lipinski definition) is 8. The molecule has 10 heteroatoms. The summed E-state index contributed by atoms with van der Waals surface area (Å²) in [7, 11) is -4.41. The van der Waals surface area contributed by atoms with Crippen LogP contribution in [0.15, 0.2) is 109 Å². The Morgan fingerprint density at radius 3 is 1.35 bits per heavy atom. The van der Waals surface area contributed by atoms with Crippen LogP contribution in [0.25, 0.3) is 0 Å². The Morgan fingerprint density at radius 1 is 0.492 bits per heavy atom. The second kappa shape index (κ2) is 48.1. The molecular formula is C53H88NO8P. The largest absolute Gasteiger partial charge is 0.472 e. The highest BCUT2D eigenvalue weighted by Crippen LogP contribution is 2.43. The molecule has 0 heterocycles. The summed E-state index contributed by atoms with van der Waals surface area (Å²) in [5.74, 6) is -0.911. The summed E-state index contributed by atoms with van der Waals surface area (Å²) in [6, 6.07) is 0. The fraction of sp³-hybridized carbons (Fsp3) is 0.623. The van der Waals surface area contributed by atoms with E-state index in [1.54, 1.807) is 0 Å². The molecule has 0 aliphatic rings. The molecule has 3 N–H and O–H groups in total. The first kappa shape index (κ1) is 59.7. The minimum Gasteiger partial charge on any atom is -0.462 e. The number of unbranched alkanes of at least 4 members (excludes halogenated alkanes) is 13. The van der Waals surface area contributed by atoms with Crippen molar-refractivity contribution in [3.8, 4) is 0 Å². The third-order valence-corrected chi connectivity index (χ3v) is 10.6. The van der Waals surface area contributed by atoms with Crippen LogP contribution in [0.4, 0.5) is 0 Å². The Bertz CT molecular complexity index is 1390. The minimum atomic E-state index is -4.41. The molecule has 0 rings (SSSR count). The normalized spacial score (nSPS) is 14.2. The molecule has 2 atom stereocenters. The number of hydrogen-bond donors (Lipinski definition) is 2. The second-order valence-corrected chi connectivity index (χ2v) is 17.0. The molecule has 2 unspecified atom stereocenters. The Hall–Kier alpha value is -3.33. The molecule has 0 aromatic heterocycles. The molecule has 0 aromatic carbocycles. The van der Waals surface area contributed by atoms with Crippen LogP contribution in [-0.2, 0) is 32.7 Å². The quantitative estimate of drug-likeness (QED) is 0.0265. The maximum atomic E-state index is 12.6. The molecule has 0 aliphatic carbocycles. The van der Waals surface area contributed by atoms with Crippen molar-refractivity contribution in [3.63, 3.8) is 0 Å². The van der Waals surface area contributed by atoms with Crippen molar-refractivity contribution in [1.82, 2.24) is 0 Å². The molecule has 9 nitrogen and oxygen atoms in total. The van der Waals surface area contributed by atoms with Crippen molar-refractivity contribution in [2.75, 3.05) is 26.4 Å². The van der Waals surface area contributed by atoms with E-state index in [0.29, 0.717) is 19.3 Å². The predicted molar refractivity (Wildman–Crippen MR) is 265 cm³/mol. The van der Waals surface area contributed by atoms with Gasteiger partial charge in [0.15, 0.2) is 6.10 Å². The Kier molecular flexibility index (Phi) is 45.6. The molecule has 358 valence electrons. The maximum absolute atomic E-state index is 12.6. The van der Waals surface area contributed by atoms with Gasteiger partial charge in [0.25, 0.3) is 0 Å². The van der Waals surface area contributed by atoms with Crippen LogP contribution in [0.1, 0.15) is 181 Å². The maximum Gasteiger partial charge on any atom is 0.472 e. The van der Waals surface area contributed by atoms with Crippen LogP contribution in [-0.4, -0.2) is 49.3 Å². The molecule has 0 saturated carbocycles. The standard InChI is InChI=1S/C53H88NO8P/c1-3-5-7-9-11-13-15-17-19-21-23-24-25-26-28-30-32-34-36-38-40-42-44-46-53(56)62-51(50-61-63(57,58)60-48-47-54)49-59-52(55)45-43-41-39-37-35-33-31-29-27-22-20-18-16-14-12-10-8-6-4-2/h5,7,11-14,17-20,23-24,26,28,32,34,38,40,51H,3-4,6,8-10,15-16,21-22,25,27,29-31,33,35-37,39,41-50,54H2,1-2H3,(H,57,58)/b7-5-,13-11-,14-12-,19-17-,20-18-,24-23-,28-26-,34-32-,40-38-. The fourth-order valence-corrected chi connectivity index (χ4v) is 6.83. The molecule has 0 fully saturated rings. The van der Waals surface area contributed by atoms with E-state index in [-0.39, 0.29) is 32.6 Å². The number of phosphoric ester groups is 1. The Morgan fingerprint density at radius 2 is 0.889 bits per heavy atom. The monoisotopic (exact) mass is 898 g/mol. The van der Waals surface area contributed by atoms with E-state index in [4.69, 9.17) is 24.3 Å². The first-order valence-electron chi connectivity index (χ1n) is 24.4. The van der Waals surface area contributed by atoms with Gasteiger partial charge in [-0.2, -0.15) is 0 Å². The summed E-state index contributed by atoms with van der Waals surface area (Å²) in [6.45, 7) is 3.51. The summed E-state index contributed by atoms with van der Waals surface area (Å²) in [6.07, 6.45) is 64.1. The van der Waals surface area contributed by atoms with Gasteiger partial charge >= 0.3 is 19.8 Å². The van der Waals surface area contributed by atoms with Gasteiger partial charge in [0.1, 0.15) is 6.61 Å². The first-order chi connectivity index (χ1) is 30.8. The van der Waals surface area contributed by atoms with Gasteiger partial charge in [-0.05, 0) is 96.3 Å². The van der Waals surface area contributed by atoms with Gasteiger partial charge in [0, 0.05) is 19.4 Å². The second-order valence-electron chi connectivity index (χ2n) is 15.6. The molecule has 63 heavy (non-hydrogen) atoms. The lowest BCUT2D eigenvalue weighted by molar-refractivity contribution is -0.161. The average Bonchev–Trinajstić information content (AvgIpc) is 3.27. The van der Waals surface area contributed by atoms with Crippen molar-refractivity contribution < 1.29 is 37.6 Å². The lowest BCUT2D eigenvalue weighted by Crippen LogP contribution is -2.29. The molecule has 0 aromatic rings. The summed E-state index contributed by atoms with van der Waals surface area (Å²) in [4.78, 5) is 35.0. The average molecular weight is 898 g/mol. The highest BCUT2D eigenvalue weighted by Gasteiger charge is 2.26. The lowest BCUT2D eigenvalue weighted by atomic mass is 10.1. The summed E-state index contributed by atoms with van der Waals surface area (Å²) in [5.41, 5.74) is 5.36. The van der Waals surface area contributed by atoms with E-state index < -0.39 is 32.5 Å². The third-order valence-electron chi connectivity index (χ3n) is 9.64. The van der Waals surface area contributed by atoms with Crippen molar-refractivity contribution in [1.29, 1.82) is 0 Å². The van der Waals surface area contributed by atoms with Gasteiger partial charge in [0.2, 0.25) is 0 Å². The van der Waals surface area contributed by atoms with Gasteiger partial charge in [-0.25, -0.2) is 4.57 Å². The van der Waals surface area contributed by atoms with Crippen molar-refractivity contribution in [2.24, 2.45) is 5.73 Å². The third kappa shape index (κ3) is 48.0. The highest BCUT2D eigenvalue weighted by atomic mass is 31.2. The van der Waals surface area contributed by atoms with Gasteiger partial charge in [-0.15, -0.1) is 0 Å². The highest BCUT2D eigenvalue weighted by molar-refractivity contribution is 7.47. The molecule has 0 bridgehead atoms. The van der Waals surface area contributed by atoms with E-state index in [2.05, 4.69) is 117 Å². The van der Waals surface area contributed by atoms with Gasteiger partial charge in [-0.1, -0.05) is 181 Å². The van der Waals surface area contributed by atoms with Crippen LogP contribution >= 0.6 is 7.82 Å². The number of ether oxygens (including phenoxy) is 2. The van der Waals surface area contributed by atoms with E-state index >= 15 is 0 Å². The summed E-state index contributed by atoms with van der Waals surface area (Å²) in [5, 5.41) is 0. The van der Waals surface area contributed by atoms with E-state index in [9.17, 15) is 19.0 Å². The zero-order valence-electron chi connectivity index (χ0n) is 39.5. The SMILES string of the molecule is CC/C=C\C/C=C\C/C=C\C/C=C\C/C=C\C/C=C\C/C=C\CCCC(=O)OC(COC(=O)CCCCCCCCCCC/C=C\C/C=C\CCCCC)COP(=O)(O)OCCN. The number of allylic oxidation sites excluding steroid dienone is 18. The van der Waals surface area contributed by atoms with Crippen molar-refractivity contribution in [2.45, 2.75) is 187 Å². The van der Waals surface area contributed by atoms with E-state index in [1.165, 1.54) is 57.8 Å². The molecule has 0 aliphatic heterocycles. The van der Waals surface area contributed by atoms with Crippen molar-refractivity contribution in [3.05, 3.63) is 109 Å². The van der Waals surface area contributed by atoms with Crippen LogP contribution < -0.4 is 5.73 Å². The van der Waals surface area contributed by atoms with Gasteiger partial charge in [0.05, 0.1) is 13.2 Å². The fourth-order valence-electron chi connectivity index (χ4n) is 6.06. The number of carbonyl (C=O) groups is 2.